The molecule has 2 unspecified atom stereocenters. The van der Waals surface area contributed by atoms with Crippen molar-refractivity contribution >= 4 is 5.91 Å². The Labute approximate surface area is 143 Å². The molecular weight excluding hydrogens is 306 g/mol. The molecule has 1 aromatic heterocycles. The molecule has 1 amide bonds. The van der Waals surface area contributed by atoms with Gasteiger partial charge >= 0.3 is 0 Å². The summed E-state index contributed by atoms with van der Waals surface area (Å²) in [5.41, 5.74) is 0. The van der Waals surface area contributed by atoms with Crippen LogP contribution in [0, 0.1) is 12.8 Å². The van der Waals surface area contributed by atoms with Crippen LogP contribution in [0.25, 0.3) is 0 Å². The molecule has 2 atom stereocenters. The summed E-state index contributed by atoms with van der Waals surface area (Å²) in [4.78, 5) is 21.3. The van der Waals surface area contributed by atoms with Gasteiger partial charge in [-0.2, -0.15) is 5.10 Å². The highest BCUT2D eigenvalue weighted by atomic mass is 16.5. The van der Waals surface area contributed by atoms with Crippen LogP contribution in [0.4, 0.5) is 0 Å². The fourth-order valence-electron chi connectivity index (χ4n) is 3.83. The van der Waals surface area contributed by atoms with E-state index >= 15 is 0 Å². The predicted octanol–water partition coefficient (Wildman–Crippen LogP) is 1.35. The van der Waals surface area contributed by atoms with Gasteiger partial charge in [-0.05, 0) is 32.1 Å². The summed E-state index contributed by atoms with van der Waals surface area (Å²) in [7, 11) is 1.78. The van der Waals surface area contributed by atoms with E-state index < -0.39 is 0 Å². The number of aromatic nitrogens is 3. The third-order valence-electron chi connectivity index (χ3n) is 5.26. The Balaban J connectivity index is 1.41. The molecule has 0 spiro atoms. The number of aryl methyl sites for hydroxylation is 1. The number of nitrogens with zero attached hydrogens (tertiary/aromatic N) is 4. The third-order valence-corrected chi connectivity index (χ3v) is 5.26. The Bertz CT molecular complexity index is 539. The first-order chi connectivity index (χ1) is 11.6. The number of hydrogen-bond donors (Lipinski definition) is 1. The highest BCUT2D eigenvalue weighted by Gasteiger charge is 2.27. The van der Waals surface area contributed by atoms with E-state index in [4.69, 9.17) is 4.74 Å². The highest BCUT2D eigenvalue weighted by molar-refractivity contribution is 5.76. The average Bonchev–Trinajstić information content (AvgIpc) is 3.00. The first-order valence-electron chi connectivity index (χ1n) is 9.05. The molecule has 2 fully saturated rings. The van der Waals surface area contributed by atoms with Crippen LogP contribution in [0.2, 0.25) is 0 Å². The Hall–Kier alpha value is -1.47. The van der Waals surface area contributed by atoms with E-state index in [-0.39, 0.29) is 0 Å². The normalized spacial score (nSPS) is 25.8. The summed E-state index contributed by atoms with van der Waals surface area (Å²) in [6, 6.07) is 0. The van der Waals surface area contributed by atoms with E-state index in [9.17, 15) is 4.79 Å². The maximum absolute atomic E-state index is 12.6. The molecule has 0 bridgehead atoms. The van der Waals surface area contributed by atoms with Gasteiger partial charge in [-0.1, -0.05) is 6.42 Å². The van der Waals surface area contributed by atoms with Crippen molar-refractivity contribution in [2.45, 2.75) is 51.7 Å². The predicted molar refractivity (Wildman–Crippen MR) is 90.3 cm³/mol. The smallest absolute Gasteiger partial charge is 0.222 e. The zero-order valence-corrected chi connectivity index (χ0v) is 14.8. The number of rotatable bonds is 5. The van der Waals surface area contributed by atoms with E-state index in [1.54, 1.807) is 7.11 Å². The van der Waals surface area contributed by atoms with Crippen LogP contribution in [-0.4, -0.2) is 70.3 Å². The largest absolute Gasteiger partial charge is 0.381 e. The van der Waals surface area contributed by atoms with Crippen LogP contribution in [0.5, 0.6) is 0 Å². The minimum atomic E-state index is 0.310. The molecule has 1 saturated heterocycles. The zero-order chi connectivity index (χ0) is 16.9. The number of carbonyl (C=O) groups excluding carboxylic acids is 1. The number of ether oxygens (including phenoxy) is 1. The lowest BCUT2D eigenvalue weighted by Gasteiger charge is -2.35. The quantitative estimate of drug-likeness (QED) is 0.879. The Morgan fingerprint density at radius 3 is 2.75 bits per heavy atom. The molecule has 1 aliphatic heterocycles. The van der Waals surface area contributed by atoms with Gasteiger partial charge in [-0.25, -0.2) is 4.98 Å². The van der Waals surface area contributed by atoms with Gasteiger partial charge in [-0.3, -0.25) is 14.8 Å². The lowest BCUT2D eigenvalue weighted by molar-refractivity contribution is -0.134. The molecule has 134 valence electrons. The summed E-state index contributed by atoms with van der Waals surface area (Å²) in [6.07, 6.45) is 5.54. The standard InChI is InChI=1S/C17H29N5O2/c1-13-18-16(20-19-13)12-21-6-8-22(9-7-21)17(23)11-14-4-3-5-15(10-14)24-2/h14-15H,3-12H2,1-2H3,(H,18,19,20). The molecule has 1 aliphatic carbocycles. The average molecular weight is 335 g/mol. The first-order valence-corrected chi connectivity index (χ1v) is 9.05. The summed E-state index contributed by atoms with van der Waals surface area (Å²) in [5, 5.41) is 7.06. The number of carbonyl (C=O) groups is 1. The molecule has 2 aliphatic rings. The molecule has 1 saturated carbocycles. The topological polar surface area (TPSA) is 74.3 Å². The number of nitrogens with one attached hydrogen (secondary N) is 1. The van der Waals surface area contributed by atoms with Crippen LogP contribution >= 0.6 is 0 Å². The summed E-state index contributed by atoms with van der Waals surface area (Å²) in [6.45, 7) is 6.07. The van der Waals surface area contributed by atoms with Crippen molar-refractivity contribution in [2.75, 3.05) is 33.3 Å². The van der Waals surface area contributed by atoms with Crippen LogP contribution in [0.1, 0.15) is 43.8 Å². The van der Waals surface area contributed by atoms with Crippen molar-refractivity contribution in [1.82, 2.24) is 25.0 Å². The molecule has 7 heteroatoms. The summed E-state index contributed by atoms with van der Waals surface area (Å²) < 4.78 is 5.47. The van der Waals surface area contributed by atoms with Crippen molar-refractivity contribution in [3.63, 3.8) is 0 Å². The van der Waals surface area contributed by atoms with Crippen molar-refractivity contribution in [1.29, 1.82) is 0 Å². The lowest BCUT2D eigenvalue weighted by Crippen LogP contribution is -2.48. The number of methoxy groups -OCH3 is 1. The monoisotopic (exact) mass is 335 g/mol. The first kappa shape index (κ1) is 17.4. The second kappa shape index (κ2) is 8.07. The number of H-pyrrole nitrogens is 1. The maximum atomic E-state index is 12.6. The molecule has 24 heavy (non-hydrogen) atoms. The van der Waals surface area contributed by atoms with Crippen LogP contribution in [0.3, 0.4) is 0 Å². The number of piperazine rings is 1. The lowest BCUT2D eigenvalue weighted by atomic mass is 9.84. The van der Waals surface area contributed by atoms with Gasteiger partial charge in [0.25, 0.3) is 0 Å². The minimum absolute atomic E-state index is 0.310. The van der Waals surface area contributed by atoms with Gasteiger partial charge in [0, 0.05) is 39.7 Å². The maximum Gasteiger partial charge on any atom is 0.222 e. The summed E-state index contributed by atoms with van der Waals surface area (Å²) in [5.74, 6) is 2.48. The van der Waals surface area contributed by atoms with Gasteiger partial charge in [0.1, 0.15) is 5.82 Å². The second-order valence-electron chi connectivity index (χ2n) is 7.09. The molecular formula is C17H29N5O2. The minimum Gasteiger partial charge on any atom is -0.381 e. The second-order valence-corrected chi connectivity index (χ2v) is 7.09. The van der Waals surface area contributed by atoms with Crippen molar-refractivity contribution in [2.24, 2.45) is 5.92 Å². The summed E-state index contributed by atoms with van der Waals surface area (Å²) >= 11 is 0. The van der Waals surface area contributed by atoms with Gasteiger partial charge in [0.15, 0.2) is 5.82 Å². The molecule has 2 heterocycles. The van der Waals surface area contributed by atoms with Crippen molar-refractivity contribution in [3.05, 3.63) is 11.6 Å². The van der Waals surface area contributed by atoms with E-state index in [1.807, 2.05) is 11.8 Å². The Kier molecular flexibility index (Phi) is 5.84. The van der Waals surface area contributed by atoms with Gasteiger partial charge in [0.2, 0.25) is 5.91 Å². The number of amides is 1. The van der Waals surface area contributed by atoms with Crippen LogP contribution in [-0.2, 0) is 16.1 Å². The molecule has 0 radical (unpaired) electrons. The van der Waals surface area contributed by atoms with E-state index in [0.29, 0.717) is 24.3 Å². The molecule has 3 rings (SSSR count). The molecule has 0 aromatic carbocycles. The highest BCUT2D eigenvalue weighted by Crippen LogP contribution is 2.29. The number of aromatic amines is 1. The van der Waals surface area contributed by atoms with Gasteiger partial charge in [-0.15, -0.1) is 0 Å². The van der Waals surface area contributed by atoms with Crippen molar-refractivity contribution in [3.8, 4) is 0 Å². The fraction of sp³-hybridized carbons (Fsp3) is 0.824. The fourth-order valence-corrected chi connectivity index (χ4v) is 3.83. The molecule has 1 N–H and O–H groups in total. The van der Waals surface area contributed by atoms with E-state index in [1.165, 1.54) is 6.42 Å². The van der Waals surface area contributed by atoms with Gasteiger partial charge in [0.05, 0.1) is 12.6 Å². The van der Waals surface area contributed by atoms with Crippen LogP contribution < -0.4 is 0 Å². The van der Waals surface area contributed by atoms with Crippen LogP contribution in [0.15, 0.2) is 0 Å². The van der Waals surface area contributed by atoms with E-state index in [2.05, 4.69) is 20.1 Å². The SMILES string of the molecule is COC1CCCC(CC(=O)N2CCN(Cc3n[nH]c(C)n3)CC2)C1. The molecule has 7 nitrogen and oxygen atoms in total. The third kappa shape index (κ3) is 4.54. The van der Waals surface area contributed by atoms with Crippen molar-refractivity contribution < 1.29 is 9.53 Å². The molecule has 1 aromatic rings. The van der Waals surface area contributed by atoms with E-state index in [0.717, 1.165) is 63.6 Å². The number of hydrogen-bond acceptors (Lipinski definition) is 5. The van der Waals surface area contributed by atoms with Gasteiger partial charge < -0.3 is 9.64 Å². The Morgan fingerprint density at radius 2 is 2.08 bits per heavy atom. The Morgan fingerprint density at radius 1 is 1.29 bits per heavy atom. The zero-order valence-electron chi connectivity index (χ0n) is 14.8.